The van der Waals surface area contributed by atoms with E-state index < -0.39 is 0 Å². The number of amides is 1. The maximum atomic E-state index is 12.6. The third kappa shape index (κ3) is 2.85. The van der Waals surface area contributed by atoms with Gasteiger partial charge in [-0.1, -0.05) is 0 Å². The van der Waals surface area contributed by atoms with Crippen LogP contribution in [0.15, 0.2) is 18.3 Å². The van der Waals surface area contributed by atoms with Crippen molar-refractivity contribution in [1.29, 1.82) is 0 Å². The molecule has 19 heavy (non-hydrogen) atoms. The predicted octanol–water partition coefficient (Wildman–Crippen LogP) is -0.195. The molecule has 2 rings (SSSR count). The van der Waals surface area contributed by atoms with Crippen molar-refractivity contribution in [3.05, 3.63) is 23.9 Å². The van der Waals surface area contributed by atoms with Crippen LogP contribution in [-0.2, 0) is 0 Å². The van der Waals surface area contributed by atoms with Crippen molar-refractivity contribution >= 4 is 5.91 Å². The average molecular weight is 264 g/mol. The van der Waals surface area contributed by atoms with Crippen molar-refractivity contribution in [2.45, 2.75) is 6.04 Å². The van der Waals surface area contributed by atoms with Crippen LogP contribution in [0.1, 0.15) is 10.4 Å². The van der Waals surface area contributed by atoms with Crippen LogP contribution in [0.25, 0.3) is 0 Å². The standard InChI is InChI=1S/C13H20N4O2/c1-16-6-7-17(10(8-14)9-16)13(18)11-4-3-5-15-12(11)19-2/h3-5,10H,6-9,14H2,1-2H3. The molecule has 0 saturated carbocycles. The number of hydrogen-bond acceptors (Lipinski definition) is 5. The third-order valence-electron chi connectivity index (χ3n) is 3.41. The van der Waals surface area contributed by atoms with Crippen LogP contribution in [0.2, 0.25) is 0 Å². The molecule has 1 unspecified atom stereocenters. The van der Waals surface area contributed by atoms with Crippen molar-refractivity contribution < 1.29 is 9.53 Å². The Morgan fingerprint density at radius 3 is 3.05 bits per heavy atom. The summed E-state index contributed by atoms with van der Waals surface area (Å²) >= 11 is 0. The Kier molecular flexibility index (Phi) is 4.34. The first-order valence-corrected chi connectivity index (χ1v) is 6.36. The van der Waals surface area contributed by atoms with Gasteiger partial charge in [-0.3, -0.25) is 4.79 Å². The van der Waals surface area contributed by atoms with Gasteiger partial charge in [0.15, 0.2) is 0 Å². The number of nitrogens with zero attached hydrogens (tertiary/aromatic N) is 3. The quantitative estimate of drug-likeness (QED) is 0.819. The first-order chi connectivity index (χ1) is 9.17. The van der Waals surface area contributed by atoms with Crippen molar-refractivity contribution in [3.63, 3.8) is 0 Å². The first kappa shape index (κ1) is 13.8. The summed E-state index contributed by atoms with van der Waals surface area (Å²) in [4.78, 5) is 20.7. The van der Waals surface area contributed by atoms with Gasteiger partial charge in [0, 0.05) is 32.4 Å². The van der Waals surface area contributed by atoms with Gasteiger partial charge < -0.3 is 20.3 Å². The number of ether oxygens (including phenoxy) is 1. The van der Waals surface area contributed by atoms with E-state index >= 15 is 0 Å². The summed E-state index contributed by atoms with van der Waals surface area (Å²) in [6.45, 7) is 2.78. The monoisotopic (exact) mass is 264 g/mol. The molecule has 0 aromatic carbocycles. The number of likely N-dealkylation sites (N-methyl/N-ethyl adjacent to an activating group) is 1. The molecule has 0 bridgehead atoms. The predicted molar refractivity (Wildman–Crippen MR) is 72.2 cm³/mol. The van der Waals surface area contributed by atoms with E-state index in [0.29, 0.717) is 24.5 Å². The van der Waals surface area contributed by atoms with Gasteiger partial charge in [0.25, 0.3) is 5.91 Å². The van der Waals surface area contributed by atoms with E-state index in [2.05, 4.69) is 9.88 Å². The van der Waals surface area contributed by atoms with Crippen molar-refractivity contribution in [3.8, 4) is 5.88 Å². The molecule has 1 atom stereocenters. The topological polar surface area (TPSA) is 71.7 Å². The van der Waals surface area contributed by atoms with Gasteiger partial charge in [0.2, 0.25) is 5.88 Å². The lowest BCUT2D eigenvalue weighted by molar-refractivity contribution is 0.0512. The van der Waals surface area contributed by atoms with E-state index in [9.17, 15) is 4.79 Å². The van der Waals surface area contributed by atoms with Gasteiger partial charge >= 0.3 is 0 Å². The largest absolute Gasteiger partial charge is 0.480 e. The minimum absolute atomic E-state index is 0.0381. The molecule has 1 aliphatic rings. The molecule has 0 spiro atoms. The number of methoxy groups -OCH3 is 1. The Bertz CT molecular complexity index is 452. The maximum absolute atomic E-state index is 12.6. The fourth-order valence-corrected chi connectivity index (χ4v) is 2.35. The van der Waals surface area contributed by atoms with Gasteiger partial charge in [-0.15, -0.1) is 0 Å². The zero-order chi connectivity index (χ0) is 13.8. The zero-order valence-electron chi connectivity index (χ0n) is 11.4. The van der Waals surface area contributed by atoms with Crippen LogP contribution in [0.3, 0.4) is 0 Å². The second-order valence-corrected chi connectivity index (χ2v) is 4.71. The second-order valence-electron chi connectivity index (χ2n) is 4.71. The molecule has 1 saturated heterocycles. The lowest BCUT2D eigenvalue weighted by Gasteiger charge is -2.39. The van der Waals surface area contributed by atoms with Crippen LogP contribution >= 0.6 is 0 Å². The number of piperazine rings is 1. The summed E-state index contributed by atoms with van der Waals surface area (Å²) < 4.78 is 5.15. The Morgan fingerprint density at radius 1 is 1.58 bits per heavy atom. The van der Waals surface area contributed by atoms with E-state index in [1.807, 2.05) is 11.9 Å². The normalized spacial score (nSPS) is 20.4. The summed E-state index contributed by atoms with van der Waals surface area (Å²) in [5, 5.41) is 0. The molecule has 0 radical (unpaired) electrons. The van der Waals surface area contributed by atoms with E-state index in [0.717, 1.165) is 13.1 Å². The minimum Gasteiger partial charge on any atom is -0.480 e. The van der Waals surface area contributed by atoms with E-state index in [-0.39, 0.29) is 11.9 Å². The second kappa shape index (κ2) is 5.99. The maximum Gasteiger partial charge on any atom is 0.259 e. The van der Waals surface area contributed by atoms with E-state index in [4.69, 9.17) is 10.5 Å². The van der Waals surface area contributed by atoms with Crippen LogP contribution in [-0.4, -0.2) is 67.1 Å². The van der Waals surface area contributed by atoms with Crippen LogP contribution in [0, 0.1) is 0 Å². The Balaban J connectivity index is 2.22. The molecule has 2 N–H and O–H groups in total. The molecule has 0 aliphatic carbocycles. The summed E-state index contributed by atoms with van der Waals surface area (Å²) in [6.07, 6.45) is 1.61. The highest BCUT2D eigenvalue weighted by Crippen LogP contribution is 2.19. The fraction of sp³-hybridized carbons (Fsp3) is 0.538. The summed E-state index contributed by atoms with van der Waals surface area (Å²) in [5.41, 5.74) is 6.27. The fourth-order valence-electron chi connectivity index (χ4n) is 2.35. The molecule has 1 aromatic rings. The van der Waals surface area contributed by atoms with Gasteiger partial charge in [-0.05, 0) is 19.2 Å². The number of carbonyl (C=O) groups excluding carboxylic acids is 1. The number of aromatic nitrogens is 1. The van der Waals surface area contributed by atoms with E-state index in [1.54, 1.807) is 18.3 Å². The molecule has 1 aliphatic heterocycles. The minimum atomic E-state index is -0.0616. The highest BCUT2D eigenvalue weighted by atomic mass is 16.5. The lowest BCUT2D eigenvalue weighted by Crippen LogP contribution is -2.56. The number of pyridine rings is 1. The van der Waals surface area contributed by atoms with Gasteiger partial charge in [0.05, 0.1) is 13.2 Å². The number of hydrogen-bond donors (Lipinski definition) is 1. The molecule has 1 amide bonds. The molecule has 104 valence electrons. The van der Waals surface area contributed by atoms with E-state index in [1.165, 1.54) is 7.11 Å². The summed E-state index contributed by atoms with van der Waals surface area (Å²) in [5.74, 6) is 0.302. The van der Waals surface area contributed by atoms with Crippen molar-refractivity contribution in [2.24, 2.45) is 5.73 Å². The first-order valence-electron chi connectivity index (χ1n) is 6.36. The summed E-state index contributed by atoms with van der Waals surface area (Å²) in [7, 11) is 3.55. The Morgan fingerprint density at radius 2 is 2.37 bits per heavy atom. The highest BCUT2D eigenvalue weighted by molar-refractivity contribution is 5.96. The highest BCUT2D eigenvalue weighted by Gasteiger charge is 2.30. The van der Waals surface area contributed by atoms with Crippen molar-refractivity contribution in [2.75, 3.05) is 40.3 Å². The zero-order valence-corrected chi connectivity index (χ0v) is 11.4. The number of carbonyl (C=O) groups is 1. The molecule has 6 heteroatoms. The van der Waals surface area contributed by atoms with Crippen LogP contribution in [0.5, 0.6) is 5.88 Å². The molecular weight excluding hydrogens is 244 g/mol. The molecule has 2 heterocycles. The SMILES string of the molecule is COc1ncccc1C(=O)N1CCN(C)CC1CN. The molecule has 6 nitrogen and oxygen atoms in total. The smallest absolute Gasteiger partial charge is 0.259 e. The number of nitrogens with two attached hydrogens (primary N) is 1. The lowest BCUT2D eigenvalue weighted by atomic mass is 10.1. The molecule has 1 fully saturated rings. The number of rotatable bonds is 3. The van der Waals surface area contributed by atoms with Crippen LogP contribution in [0.4, 0.5) is 0 Å². The van der Waals surface area contributed by atoms with Gasteiger partial charge in [0.1, 0.15) is 5.56 Å². The van der Waals surface area contributed by atoms with Crippen molar-refractivity contribution in [1.82, 2.24) is 14.8 Å². The van der Waals surface area contributed by atoms with Gasteiger partial charge in [-0.2, -0.15) is 0 Å². The Hall–Kier alpha value is -1.66. The molecule has 1 aromatic heterocycles. The average Bonchev–Trinajstić information content (AvgIpc) is 2.46. The van der Waals surface area contributed by atoms with Crippen LogP contribution < -0.4 is 10.5 Å². The van der Waals surface area contributed by atoms with Gasteiger partial charge in [-0.25, -0.2) is 4.98 Å². The molecular formula is C13H20N4O2. The Labute approximate surface area is 113 Å². The summed E-state index contributed by atoms with van der Waals surface area (Å²) in [6, 6.07) is 3.51. The third-order valence-corrected chi connectivity index (χ3v) is 3.41.